The number of rotatable bonds is 8. The maximum absolute atomic E-state index is 11.9. The van der Waals surface area contributed by atoms with Crippen LogP contribution in [0.5, 0.6) is 5.75 Å². The lowest BCUT2D eigenvalue weighted by Crippen LogP contribution is -2.32. The summed E-state index contributed by atoms with van der Waals surface area (Å²) in [5, 5.41) is 8.09. The normalized spacial score (nSPS) is 10.1. The molecule has 7 nitrogen and oxygen atoms in total. The summed E-state index contributed by atoms with van der Waals surface area (Å²) in [5.41, 5.74) is 2.31. The van der Waals surface area contributed by atoms with Crippen LogP contribution in [0.1, 0.15) is 5.56 Å². The first-order valence-corrected chi connectivity index (χ1v) is 8.20. The molecule has 0 atom stereocenters. The number of benzene rings is 2. The van der Waals surface area contributed by atoms with E-state index in [1.165, 1.54) is 7.11 Å². The van der Waals surface area contributed by atoms with Crippen molar-refractivity contribution in [3.05, 3.63) is 54.1 Å². The average Bonchev–Trinajstić information content (AvgIpc) is 2.61. The van der Waals surface area contributed by atoms with E-state index in [2.05, 4.69) is 16.0 Å². The molecule has 2 aromatic rings. The molecule has 0 bridgehead atoms. The zero-order chi connectivity index (χ0) is 18.8. The van der Waals surface area contributed by atoms with E-state index in [0.717, 1.165) is 11.3 Å². The zero-order valence-electron chi connectivity index (χ0n) is 14.9. The van der Waals surface area contributed by atoms with Crippen LogP contribution in [0.15, 0.2) is 48.5 Å². The van der Waals surface area contributed by atoms with Crippen LogP contribution >= 0.6 is 0 Å². The maximum atomic E-state index is 11.9. The van der Waals surface area contributed by atoms with Crippen LogP contribution in [0, 0.1) is 6.92 Å². The third kappa shape index (κ3) is 6.82. The first-order chi connectivity index (χ1) is 12.6. The molecule has 0 saturated carbocycles. The third-order valence-electron chi connectivity index (χ3n) is 3.36. The molecule has 0 spiro atoms. The molecule has 0 saturated heterocycles. The van der Waals surface area contributed by atoms with Gasteiger partial charge in [-0.15, -0.1) is 0 Å². The number of aryl methyl sites for hydroxylation is 1. The molecule has 138 valence electrons. The Morgan fingerprint density at radius 1 is 1.00 bits per heavy atom. The summed E-state index contributed by atoms with van der Waals surface area (Å²) in [4.78, 5) is 23.4. The second kappa shape index (κ2) is 10.0. The zero-order valence-corrected chi connectivity index (χ0v) is 14.9. The Morgan fingerprint density at radius 2 is 1.69 bits per heavy atom. The number of hydrogen-bond donors (Lipinski definition) is 3. The molecular formula is C19H23N3O4. The summed E-state index contributed by atoms with van der Waals surface area (Å²) in [6, 6.07) is 14.2. The molecule has 2 rings (SSSR count). The number of ether oxygens (including phenoxy) is 2. The molecule has 0 radical (unpaired) electrons. The van der Waals surface area contributed by atoms with Crippen LogP contribution in [0.25, 0.3) is 0 Å². The van der Waals surface area contributed by atoms with Crippen molar-refractivity contribution in [3.8, 4) is 5.75 Å². The fourth-order valence-electron chi connectivity index (χ4n) is 2.15. The van der Waals surface area contributed by atoms with Gasteiger partial charge >= 0.3 is 6.03 Å². The molecule has 3 amide bonds. The van der Waals surface area contributed by atoms with Gasteiger partial charge in [0.05, 0.1) is 6.54 Å². The van der Waals surface area contributed by atoms with Crippen molar-refractivity contribution in [2.45, 2.75) is 6.92 Å². The number of urea groups is 1. The van der Waals surface area contributed by atoms with Crippen molar-refractivity contribution in [1.82, 2.24) is 5.32 Å². The molecule has 26 heavy (non-hydrogen) atoms. The fourth-order valence-corrected chi connectivity index (χ4v) is 2.15. The summed E-state index contributed by atoms with van der Waals surface area (Å²) in [5.74, 6) is 0.500. The number of anilines is 2. The highest BCUT2D eigenvalue weighted by atomic mass is 16.5. The van der Waals surface area contributed by atoms with Crippen molar-refractivity contribution in [1.29, 1.82) is 0 Å². The van der Waals surface area contributed by atoms with Gasteiger partial charge in [-0.2, -0.15) is 0 Å². The summed E-state index contributed by atoms with van der Waals surface area (Å²) in [6.07, 6.45) is 0. The predicted molar refractivity (Wildman–Crippen MR) is 101 cm³/mol. The van der Waals surface area contributed by atoms with Crippen LogP contribution in [-0.4, -0.2) is 38.8 Å². The first-order valence-electron chi connectivity index (χ1n) is 8.20. The lowest BCUT2D eigenvalue weighted by molar-refractivity contribution is -0.119. The largest absolute Gasteiger partial charge is 0.492 e. The SMILES string of the molecule is COCC(=O)Nc1cccc(NC(=O)NCCOc2ccc(C)cc2)c1. The Bertz CT molecular complexity index is 732. The fraction of sp³-hybridized carbons (Fsp3) is 0.263. The van der Waals surface area contributed by atoms with Crippen LogP contribution in [0.3, 0.4) is 0 Å². The van der Waals surface area contributed by atoms with Gasteiger partial charge in [-0.05, 0) is 37.3 Å². The molecule has 0 unspecified atom stereocenters. The van der Waals surface area contributed by atoms with E-state index in [-0.39, 0.29) is 18.5 Å². The van der Waals surface area contributed by atoms with E-state index in [1.807, 2.05) is 31.2 Å². The minimum Gasteiger partial charge on any atom is -0.492 e. The molecule has 0 fully saturated rings. The molecule has 0 aliphatic rings. The lowest BCUT2D eigenvalue weighted by atomic mass is 10.2. The van der Waals surface area contributed by atoms with Crippen molar-refractivity contribution in [2.24, 2.45) is 0 Å². The highest BCUT2D eigenvalue weighted by molar-refractivity contribution is 5.94. The Morgan fingerprint density at radius 3 is 2.38 bits per heavy atom. The van der Waals surface area contributed by atoms with E-state index < -0.39 is 0 Å². The summed E-state index contributed by atoms with van der Waals surface area (Å²) >= 11 is 0. The molecule has 0 aliphatic carbocycles. The molecule has 2 aromatic carbocycles. The van der Waals surface area contributed by atoms with E-state index >= 15 is 0 Å². The van der Waals surface area contributed by atoms with Gasteiger partial charge < -0.3 is 25.4 Å². The number of carbonyl (C=O) groups excluding carboxylic acids is 2. The number of nitrogens with one attached hydrogen (secondary N) is 3. The summed E-state index contributed by atoms with van der Waals surface area (Å²) in [6.45, 7) is 2.71. The van der Waals surface area contributed by atoms with Crippen molar-refractivity contribution in [2.75, 3.05) is 37.5 Å². The van der Waals surface area contributed by atoms with E-state index in [9.17, 15) is 9.59 Å². The number of methoxy groups -OCH3 is 1. The van der Waals surface area contributed by atoms with Crippen LogP contribution in [-0.2, 0) is 9.53 Å². The van der Waals surface area contributed by atoms with Gasteiger partial charge in [-0.3, -0.25) is 4.79 Å². The summed E-state index contributed by atoms with van der Waals surface area (Å²) < 4.78 is 10.3. The molecule has 7 heteroatoms. The van der Waals surface area contributed by atoms with Gasteiger partial charge in [-0.25, -0.2) is 4.79 Å². The van der Waals surface area contributed by atoms with E-state index in [0.29, 0.717) is 24.5 Å². The number of hydrogen-bond acceptors (Lipinski definition) is 4. The minimum absolute atomic E-state index is 0.0286. The second-order valence-electron chi connectivity index (χ2n) is 5.60. The maximum Gasteiger partial charge on any atom is 0.319 e. The van der Waals surface area contributed by atoms with Crippen molar-refractivity contribution in [3.63, 3.8) is 0 Å². The summed E-state index contributed by atoms with van der Waals surface area (Å²) in [7, 11) is 1.45. The molecule has 0 aliphatic heterocycles. The van der Waals surface area contributed by atoms with Gasteiger partial charge in [0.1, 0.15) is 19.0 Å². The van der Waals surface area contributed by atoms with Crippen LogP contribution < -0.4 is 20.7 Å². The van der Waals surface area contributed by atoms with Gasteiger partial charge in [0.15, 0.2) is 0 Å². The first kappa shape index (κ1) is 19.3. The minimum atomic E-state index is -0.349. The smallest absolute Gasteiger partial charge is 0.319 e. The van der Waals surface area contributed by atoms with E-state index in [1.54, 1.807) is 24.3 Å². The molecular weight excluding hydrogens is 334 g/mol. The molecule has 0 heterocycles. The Balaban J connectivity index is 1.73. The van der Waals surface area contributed by atoms with Crippen LogP contribution in [0.2, 0.25) is 0 Å². The Hall–Kier alpha value is -3.06. The number of carbonyl (C=O) groups is 2. The topological polar surface area (TPSA) is 88.7 Å². The van der Waals surface area contributed by atoms with Gasteiger partial charge in [-0.1, -0.05) is 23.8 Å². The van der Waals surface area contributed by atoms with Crippen molar-refractivity contribution >= 4 is 23.3 Å². The highest BCUT2D eigenvalue weighted by Crippen LogP contribution is 2.15. The quantitative estimate of drug-likeness (QED) is 0.634. The van der Waals surface area contributed by atoms with Gasteiger partial charge in [0, 0.05) is 18.5 Å². The lowest BCUT2D eigenvalue weighted by Gasteiger charge is -2.10. The standard InChI is InChI=1S/C19H23N3O4/c1-14-6-8-17(9-7-14)26-11-10-20-19(24)22-16-5-3-4-15(12-16)21-18(23)13-25-2/h3-9,12H,10-11,13H2,1-2H3,(H,21,23)(H2,20,22,24). The molecule has 3 N–H and O–H groups in total. The third-order valence-corrected chi connectivity index (χ3v) is 3.36. The van der Waals surface area contributed by atoms with Gasteiger partial charge in [0.25, 0.3) is 0 Å². The predicted octanol–water partition coefficient (Wildman–Crippen LogP) is 2.78. The van der Waals surface area contributed by atoms with Gasteiger partial charge in [0.2, 0.25) is 5.91 Å². The average molecular weight is 357 g/mol. The second-order valence-corrected chi connectivity index (χ2v) is 5.60. The van der Waals surface area contributed by atoms with Crippen molar-refractivity contribution < 1.29 is 19.1 Å². The van der Waals surface area contributed by atoms with Crippen LogP contribution in [0.4, 0.5) is 16.2 Å². The Labute approximate surface area is 152 Å². The highest BCUT2D eigenvalue weighted by Gasteiger charge is 2.05. The van der Waals surface area contributed by atoms with E-state index in [4.69, 9.17) is 9.47 Å². The number of amides is 3. The molecule has 0 aromatic heterocycles. The Kier molecular flexibility index (Phi) is 7.45. The monoisotopic (exact) mass is 357 g/mol.